The van der Waals surface area contributed by atoms with Gasteiger partial charge < -0.3 is 34.6 Å². The second kappa shape index (κ2) is 16.3. The van der Waals surface area contributed by atoms with Gasteiger partial charge in [-0.05, 0) is 69.4 Å². The highest BCUT2D eigenvalue weighted by atomic mass is 32.1. The van der Waals surface area contributed by atoms with Crippen molar-refractivity contribution in [1.29, 1.82) is 0 Å². The minimum absolute atomic E-state index is 0.00213. The summed E-state index contributed by atoms with van der Waals surface area (Å²) in [6.45, 7) is 14.6. The normalized spacial score (nSPS) is 24.2. The number of fused-ring (bicyclic) bond motifs is 1. The molecule has 3 aliphatic rings. The topological polar surface area (TPSA) is 182 Å². The van der Waals surface area contributed by atoms with Crippen LogP contribution >= 0.6 is 18.7 Å². The Morgan fingerprint density at radius 1 is 1.14 bits per heavy atom. The molecule has 0 bridgehead atoms. The number of hydrogen-bond donors (Lipinski definition) is 3. The second-order valence-corrected chi connectivity index (χ2v) is 19.9. The maximum absolute atomic E-state index is 14.6. The largest absolute Gasteiger partial charge is 0.497 e. The van der Waals surface area contributed by atoms with Crippen molar-refractivity contribution in [3.63, 3.8) is 0 Å². The number of anilines is 1. The lowest BCUT2D eigenvalue weighted by atomic mass is 9.85. The monoisotopic (exact) mass is 808 g/mol. The molecule has 1 aliphatic heterocycles. The molecule has 0 radical (unpaired) electrons. The van der Waals surface area contributed by atoms with Gasteiger partial charge in [0.15, 0.2) is 5.13 Å². The van der Waals surface area contributed by atoms with Crippen LogP contribution in [0.25, 0.3) is 22.3 Å². The van der Waals surface area contributed by atoms with Crippen molar-refractivity contribution in [3.8, 4) is 22.9 Å². The van der Waals surface area contributed by atoms with E-state index in [0.717, 1.165) is 30.8 Å². The Bertz CT molecular complexity index is 2050. The molecule has 56 heavy (non-hydrogen) atoms. The van der Waals surface area contributed by atoms with Gasteiger partial charge in [0.2, 0.25) is 13.3 Å². The van der Waals surface area contributed by atoms with Crippen molar-refractivity contribution >= 4 is 58.9 Å². The number of likely N-dealkylation sites (tertiary alicyclic amines) is 1. The standard InChI is InChI=1S/C40H53N6O8PS/c1-9-24-19-40(24,55(8,50)51)22-41-35(47)32-17-27(20-46(32)36(48)34(39(4,5)6)45-38(49)54-25-12-10-11-13-25)53-33-18-30(31-21-56-37(44-31)42-23(2)3)43-29-16-26(52-7)14-15-28(29)33/h9,14-16,18,21-25,27,32,34H,1,10-13,17,19-20H2,2-8H3,(H,42,44)(H,45,49)(H,50,51)/t24-,27-,32+,34-,40-/m1/s1. The number of carbonyl (C=O) groups excluding carboxylic acids is 3. The molecule has 0 spiro atoms. The van der Waals surface area contributed by atoms with Crippen LogP contribution in [0.15, 0.2) is 47.3 Å². The molecule has 3 aromatic rings. The number of allylic oxidation sites excluding steroid dienone is 1. The van der Waals surface area contributed by atoms with E-state index in [9.17, 15) is 23.8 Å². The maximum atomic E-state index is 14.6. The van der Waals surface area contributed by atoms with Gasteiger partial charge in [-0.15, -0.1) is 17.9 Å². The number of ether oxygens (including phenoxy) is 3. The van der Waals surface area contributed by atoms with Crippen LogP contribution in [0, 0.1) is 11.3 Å². The molecule has 302 valence electrons. The lowest BCUT2D eigenvalue weighted by Gasteiger charge is -2.35. The molecular weight excluding hydrogens is 756 g/mol. The summed E-state index contributed by atoms with van der Waals surface area (Å²) < 4.78 is 30.8. The highest BCUT2D eigenvalue weighted by Crippen LogP contribution is 2.68. The molecule has 3 N–H and O–H groups in total. The Morgan fingerprint density at radius 2 is 1.88 bits per heavy atom. The summed E-state index contributed by atoms with van der Waals surface area (Å²) in [5.41, 5.74) is 1.04. The zero-order valence-corrected chi connectivity index (χ0v) is 34.8. The van der Waals surface area contributed by atoms with Crippen molar-refractivity contribution in [1.82, 2.24) is 20.2 Å². The van der Waals surface area contributed by atoms with Crippen LogP contribution in [-0.2, 0) is 18.9 Å². The summed E-state index contributed by atoms with van der Waals surface area (Å²) in [7, 11) is -2.13. The number of hydrogen-bond acceptors (Lipinski definition) is 11. The van der Waals surface area contributed by atoms with E-state index in [4.69, 9.17) is 24.2 Å². The summed E-state index contributed by atoms with van der Waals surface area (Å²) in [5.74, 6) is -0.386. The van der Waals surface area contributed by atoms with Crippen molar-refractivity contribution in [2.75, 3.05) is 25.6 Å². The molecule has 1 unspecified atom stereocenters. The van der Waals surface area contributed by atoms with Crippen LogP contribution in [0.2, 0.25) is 0 Å². The second-order valence-electron chi connectivity index (χ2n) is 16.5. The lowest BCUT2D eigenvalue weighted by molar-refractivity contribution is -0.141. The molecule has 1 aromatic carbocycles. The molecule has 16 heteroatoms. The molecule has 6 atom stereocenters. The smallest absolute Gasteiger partial charge is 0.408 e. The fourth-order valence-corrected chi connectivity index (χ4v) is 9.86. The van der Waals surface area contributed by atoms with Crippen LogP contribution in [0.4, 0.5) is 9.93 Å². The summed E-state index contributed by atoms with van der Waals surface area (Å²) in [6.07, 6.45) is 5.17. The van der Waals surface area contributed by atoms with Crippen LogP contribution in [0.3, 0.4) is 0 Å². The molecule has 3 fully saturated rings. The number of aromatic nitrogens is 2. The van der Waals surface area contributed by atoms with Gasteiger partial charge >= 0.3 is 6.09 Å². The number of thiazole rings is 1. The predicted molar refractivity (Wildman–Crippen MR) is 218 cm³/mol. The van der Waals surface area contributed by atoms with Crippen molar-refractivity contribution in [2.24, 2.45) is 16.3 Å². The number of carbonyl (C=O) groups is 3. The van der Waals surface area contributed by atoms with Gasteiger partial charge in [0, 0.05) is 48.2 Å². The van der Waals surface area contributed by atoms with Gasteiger partial charge in [-0.25, -0.2) is 19.8 Å². The number of benzene rings is 1. The molecule has 3 heterocycles. The average molecular weight is 809 g/mol. The van der Waals surface area contributed by atoms with Gasteiger partial charge in [0.05, 0.1) is 30.0 Å². The number of nitrogens with one attached hydrogen (secondary N) is 2. The molecule has 2 aromatic heterocycles. The summed E-state index contributed by atoms with van der Waals surface area (Å²) in [5, 5.41) is 8.28. The molecule has 3 amide bonds. The molecule has 2 saturated carbocycles. The Labute approximate surface area is 332 Å². The zero-order valence-electron chi connectivity index (χ0n) is 33.1. The Morgan fingerprint density at radius 3 is 2.50 bits per heavy atom. The van der Waals surface area contributed by atoms with Crippen LogP contribution < -0.4 is 20.1 Å². The fraction of sp³-hybridized carbons (Fsp3) is 0.550. The Kier molecular flexibility index (Phi) is 12.0. The average Bonchev–Trinajstić information content (AvgIpc) is 3.50. The van der Waals surface area contributed by atoms with Crippen LogP contribution in [0.1, 0.15) is 73.1 Å². The fourth-order valence-electron chi connectivity index (χ4n) is 7.48. The van der Waals surface area contributed by atoms with Crippen molar-refractivity contribution < 1.29 is 38.1 Å². The number of methoxy groups -OCH3 is 1. The van der Waals surface area contributed by atoms with Gasteiger partial charge in [0.1, 0.15) is 41.5 Å². The maximum Gasteiger partial charge on any atom is 0.408 e. The molecule has 2 aliphatic carbocycles. The quantitative estimate of drug-likeness (QED) is 0.0914. The molecule has 14 nitrogen and oxygen atoms in total. The van der Waals surface area contributed by atoms with E-state index in [1.165, 1.54) is 29.1 Å². The van der Waals surface area contributed by atoms with Gasteiger partial charge in [-0.3, -0.25) is 14.2 Å². The molecule has 1 saturated heterocycles. The summed E-state index contributed by atoms with van der Waals surface area (Å²) >= 11 is 1.46. The number of nitrogens with zero attached hydrogens (tertiary/aromatic N) is 4. The van der Waals surface area contributed by atoms with Crippen LogP contribution in [0.5, 0.6) is 11.5 Å². The van der Waals surface area contributed by atoms with Crippen LogP contribution in [-0.4, -0.2) is 99.7 Å². The first-order valence-electron chi connectivity index (χ1n) is 19.1. The zero-order chi connectivity index (χ0) is 40.6. The number of pyridine rings is 1. The summed E-state index contributed by atoms with van der Waals surface area (Å²) in [4.78, 5) is 67.7. The predicted octanol–water partition coefficient (Wildman–Crippen LogP) is 7.06. The highest BCUT2D eigenvalue weighted by Gasteiger charge is 2.61. The van der Waals surface area contributed by atoms with Crippen molar-refractivity contribution in [2.45, 2.75) is 109 Å². The number of alkyl carbamates (subject to hydrolysis) is 1. The minimum atomic E-state index is -3.70. The molecule has 6 rings (SSSR count). The molecular formula is C40H53N6O8PS. The minimum Gasteiger partial charge on any atom is -0.497 e. The highest BCUT2D eigenvalue weighted by molar-refractivity contribution is 7.60. The van der Waals surface area contributed by atoms with E-state index in [1.807, 2.05) is 46.1 Å². The van der Waals surface area contributed by atoms with E-state index in [2.05, 4.69) is 22.2 Å². The lowest BCUT2D eigenvalue weighted by Crippen LogP contribution is -2.57. The van der Waals surface area contributed by atoms with E-state index < -0.39 is 54.0 Å². The van der Waals surface area contributed by atoms with Gasteiger partial charge in [-0.1, -0.05) is 26.8 Å². The van der Waals surface area contributed by atoms with Gasteiger partial charge in [0.25, 0.3) is 5.91 Å². The summed E-state index contributed by atoms with van der Waals surface area (Å²) in [6, 6.07) is 5.29. The van der Waals surface area contributed by atoms with E-state index in [1.54, 1.807) is 31.4 Å². The third kappa shape index (κ3) is 8.95. The number of rotatable bonds is 13. The first-order chi connectivity index (χ1) is 26.4. The SMILES string of the molecule is C=C[C@@H]1C[C@]1(C=NC(=O)[C@@H]1C[C@@H](Oc2cc(-c3csc(NC(C)C)n3)nc3cc(OC)ccc23)CN1C(=O)[C@@H](NC(=O)OC1CCCC1)C(C)(C)C)P(C)(=O)O. The Balaban J connectivity index is 1.34. The van der Waals surface area contributed by atoms with Crippen molar-refractivity contribution in [3.05, 3.63) is 42.3 Å². The number of aliphatic imine (C=N–C) groups is 1. The van der Waals surface area contributed by atoms with E-state index in [-0.39, 0.29) is 31.0 Å². The van der Waals surface area contributed by atoms with Gasteiger partial charge in [-0.2, -0.15) is 0 Å². The van der Waals surface area contributed by atoms with E-state index >= 15 is 0 Å². The first kappa shape index (κ1) is 41.3. The third-order valence-electron chi connectivity index (χ3n) is 10.7. The first-order valence-corrected chi connectivity index (χ1v) is 22.1. The van der Waals surface area contributed by atoms with E-state index in [0.29, 0.717) is 40.2 Å². The third-order valence-corrected chi connectivity index (χ3v) is 13.7. The Hall–Kier alpha value is -4.33. The number of amides is 3.